The molecule has 15 heteroatoms. The number of esters is 2. The number of carbonyl (C=O) groups is 2. The summed E-state index contributed by atoms with van der Waals surface area (Å²) >= 11 is 0. The summed E-state index contributed by atoms with van der Waals surface area (Å²) in [5.74, 6) is -1.21. The lowest BCUT2D eigenvalue weighted by atomic mass is 9.85. The average molecular weight is 967 g/mol. The number of aliphatic hydroxyl groups excluding tert-OH is 6. The molecule has 0 aromatic rings. The Hall–Kier alpha value is -3.01. The van der Waals surface area contributed by atoms with Gasteiger partial charge in [-0.3, -0.25) is 18.6 Å². The average Bonchev–Trinajstić information content (AvgIpc) is 3.31. The van der Waals surface area contributed by atoms with Crippen LogP contribution in [0, 0.1) is 0 Å². The second kappa shape index (κ2) is 40.8. The van der Waals surface area contributed by atoms with Gasteiger partial charge in [0.05, 0.1) is 12.7 Å². The SMILES string of the molecule is CCCCCC/C=C\C/C=C\C/C=C\CCCCCCCCC(=O)O[C@H](COC(=O)CCC/C=C\C/C=C\C/C=C\C/C=C\[C@@H](O)CCCC)COP(=O)(O)OC1[C@H](O)[C@H](O)C(O)[C@H](O)[C@H]1O. The summed E-state index contributed by atoms with van der Waals surface area (Å²) in [5.41, 5.74) is 0. The topological polar surface area (TPSA) is 230 Å². The molecule has 9 atom stereocenters. The first-order chi connectivity index (χ1) is 32.3. The summed E-state index contributed by atoms with van der Waals surface area (Å²) in [5, 5.41) is 60.1. The molecule has 0 radical (unpaired) electrons. The van der Waals surface area contributed by atoms with Crippen LogP contribution in [0.15, 0.2) is 85.1 Å². The maximum Gasteiger partial charge on any atom is 0.472 e. The first-order valence-corrected chi connectivity index (χ1v) is 26.5. The van der Waals surface area contributed by atoms with Crippen LogP contribution in [0.25, 0.3) is 0 Å². The van der Waals surface area contributed by atoms with Crippen molar-refractivity contribution in [3.05, 3.63) is 85.1 Å². The van der Waals surface area contributed by atoms with Crippen LogP contribution < -0.4 is 0 Å². The highest BCUT2D eigenvalue weighted by Gasteiger charge is 2.51. The Labute approximate surface area is 401 Å². The maximum absolute atomic E-state index is 12.8. The van der Waals surface area contributed by atoms with Gasteiger partial charge in [0.25, 0.3) is 0 Å². The highest BCUT2D eigenvalue weighted by Crippen LogP contribution is 2.47. The van der Waals surface area contributed by atoms with Crippen molar-refractivity contribution in [3.8, 4) is 0 Å². The van der Waals surface area contributed by atoms with Gasteiger partial charge in [-0.05, 0) is 83.5 Å². The van der Waals surface area contributed by atoms with E-state index in [4.69, 9.17) is 18.5 Å². The van der Waals surface area contributed by atoms with Crippen molar-refractivity contribution in [1.82, 2.24) is 0 Å². The molecule has 1 saturated carbocycles. The molecule has 0 heterocycles. The zero-order valence-electron chi connectivity index (χ0n) is 40.5. The summed E-state index contributed by atoms with van der Waals surface area (Å²) < 4.78 is 33.5. The molecule has 0 aliphatic heterocycles. The number of allylic oxidation sites excluding steroid dienone is 13. The minimum atomic E-state index is -5.15. The van der Waals surface area contributed by atoms with E-state index < -0.39 is 75.7 Å². The quantitative estimate of drug-likeness (QED) is 0.0131. The minimum Gasteiger partial charge on any atom is -0.462 e. The van der Waals surface area contributed by atoms with Crippen LogP contribution in [0.5, 0.6) is 0 Å². The number of rotatable bonds is 40. The predicted octanol–water partition coefficient (Wildman–Crippen LogP) is 9.42. The summed E-state index contributed by atoms with van der Waals surface area (Å²) in [6, 6.07) is 0. The minimum absolute atomic E-state index is 0.0577. The van der Waals surface area contributed by atoms with E-state index in [1.807, 2.05) is 30.4 Å². The molecule has 7 N–H and O–H groups in total. The second-order valence-electron chi connectivity index (χ2n) is 17.1. The van der Waals surface area contributed by atoms with Crippen molar-refractivity contribution in [3.63, 3.8) is 0 Å². The molecule has 1 rings (SSSR count). The number of hydrogen-bond donors (Lipinski definition) is 7. The van der Waals surface area contributed by atoms with Crippen molar-refractivity contribution in [2.75, 3.05) is 13.2 Å². The molecular formula is C52H87O14P. The number of phosphoric acid groups is 1. The van der Waals surface area contributed by atoms with E-state index in [9.17, 15) is 49.7 Å². The van der Waals surface area contributed by atoms with E-state index in [2.05, 4.69) is 68.5 Å². The first-order valence-electron chi connectivity index (χ1n) is 25.0. The van der Waals surface area contributed by atoms with E-state index in [0.29, 0.717) is 19.3 Å². The Kier molecular flexibility index (Phi) is 37.8. The van der Waals surface area contributed by atoms with Crippen molar-refractivity contribution in [2.45, 2.75) is 217 Å². The van der Waals surface area contributed by atoms with Gasteiger partial charge in [-0.1, -0.05) is 157 Å². The highest BCUT2D eigenvalue weighted by molar-refractivity contribution is 7.47. The number of carbonyl (C=O) groups excluding carboxylic acids is 2. The molecule has 1 aliphatic carbocycles. The highest BCUT2D eigenvalue weighted by atomic mass is 31.2. The number of ether oxygens (including phenoxy) is 2. The van der Waals surface area contributed by atoms with Crippen LogP contribution >= 0.6 is 7.82 Å². The van der Waals surface area contributed by atoms with Crippen molar-refractivity contribution < 1.29 is 68.2 Å². The normalized spacial score (nSPS) is 22.3. The molecule has 3 unspecified atom stereocenters. The maximum atomic E-state index is 12.8. The van der Waals surface area contributed by atoms with Gasteiger partial charge in [0.1, 0.15) is 43.2 Å². The van der Waals surface area contributed by atoms with Crippen LogP contribution in [-0.2, 0) is 32.7 Å². The lowest BCUT2D eigenvalue weighted by Gasteiger charge is -2.41. The smallest absolute Gasteiger partial charge is 0.462 e. The summed E-state index contributed by atoms with van der Waals surface area (Å²) in [4.78, 5) is 35.8. The van der Waals surface area contributed by atoms with Crippen molar-refractivity contribution in [1.29, 1.82) is 0 Å². The van der Waals surface area contributed by atoms with E-state index in [0.717, 1.165) is 96.3 Å². The molecule has 0 aromatic carbocycles. The zero-order valence-corrected chi connectivity index (χ0v) is 41.4. The fourth-order valence-electron chi connectivity index (χ4n) is 6.95. The van der Waals surface area contributed by atoms with Gasteiger partial charge in [0.2, 0.25) is 0 Å². The third-order valence-corrected chi connectivity index (χ3v) is 12.0. The Bertz CT molecular complexity index is 1510. The Morgan fingerprint density at radius 3 is 1.49 bits per heavy atom. The summed E-state index contributed by atoms with van der Waals surface area (Å²) in [6.45, 7) is 3.07. The Morgan fingerprint density at radius 2 is 0.955 bits per heavy atom. The largest absolute Gasteiger partial charge is 0.472 e. The van der Waals surface area contributed by atoms with Gasteiger partial charge < -0.3 is 45.0 Å². The molecule has 0 amide bonds. The number of aliphatic hydroxyl groups is 6. The molecule has 0 aromatic heterocycles. The van der Waals surface area contributed by atoms with Crippen molar-refractivity contribution >= 4 is 19.8 Å². The van der Waals surface area contributed by atoms with Crippen LogP contribution in [0.2, 0.25) is 0 Å². The molecule has 384 valence electrons. The van der Waals surface area contributed by atoms with Crippen LogP contribution in [0.4, 0.5) is 0 Å². The lowest BCUT2D eigenvalue weighted by molar-refractivity contribution is -0.220. The lowest BCUT2D eigenvalue weighted by Crippen LogP contribution is -2.64. The molecule has 1 aliphatic rings. The van der Waals surface area contributed by atoms with Gasteiger partial charge in [-0.15, -0.1) is 0 Å². The summed E-state index contributed by atoms with van der Waals surface area (Å²) in [6.07, 6.45) is 36.7. The molecule has 0 bridgehead atoms. The first kappa shape index (κ1) is 62.0. The molecule has 1 fully saturated rings. The van der Waals surface area contributed by atoms with Crippen LogP contribution in [0.3, 0.4) is 0 Å². The van der Waals surface area contributed by atoms with Crippen molar-refractivity contribution in [2.24, 2.45) is 0 Å². The molecule has 67 heavy (non-hydrogen) atoms. The Balaban J connectivity index is 2.49. The fourth-order valence-corrected chi connectivity index (χ4v) is 7.92. The fraction of sp³-hybridized carbons (Fsp3) is 0.692. The number of phosphoric ester groups is 1. The number of hydrogen-bond acceptors (Lipinski definition) is 13. The van der Waals surface area contributed by atoms with Gasteiger partial charge in [0.15, 0.2) is 6.10 Å². The third kappa shape index (κ3) is 33.2. The van der Waals surface area contributed by atoms with E-state index in [-0.39, 0.29) is 18.9 Å². The Morgan fingerprint density at radius 1 is 0.522 bits per heavy atom. The van der Waals surface area contributed by atoms with E-state index in [1.165, 1.54) is 25.7 Å². The molecule has 14 nitrogen and oxygen atoms in total. The standard InChI is InChI=1S/C52H87O14P/c1-3-5-7-8-9-10-11-12-13-14-15-16-17-18-19-24-27-30-33-36-40-46(55)65-44(42-64-67(61,62)66-52-50(59)48(57)47(56)49(58)51(52)60)41-63-45(54)39-35-32-29-26-23-21-20-22-25-28-31-34-38-43(53)37-6-4-2/h10-11,13-14,16-17,20-21,25-26,28-29,34,38,43-44,47-53,56-60H,3-9,12,15,18-19,22-24,27,30-33,35-37,39-42H2,1-2H3,(H,61,62)/b11-10-,14-13-,17-16-,21-20-,28-25-,29-26-,38-34-/t43-,44+,47?,48-,49+,50+,51+,52?/m0/s1. The monoisotopic (exact) mass is 967 g/mol. The molecule has 0 spiro atoms. The van der Waals surface area contributed by atoms with Gasteiger partial charge in [-0.2, -0.15) is 0 Å². The zero-order chi connectivity index (χ0) is 49.4. The third-order valence-electron chi connectivity index (χ3n) is 11.0. The van der Waals surface area contributed by atoms with Crippen LogP contribution in [-0.4, -0.2) is 110 Å². The molecular weight excluding hydrogens is 880 g/mol. The molecule has 0 saturated heterocycles. The second-order valence-corrected chi connectivity index (χ2v) is 18.5. The van der Waals surface area contributed by atoms with E-state index in [1.54, 1.807) is 0 Å². The summed E-state index contributed by atoms with van der Waals surface area (Å²) in [7, 11) is -5.15. The van der Waals surface area contributed by atoms with Gasteiger partial charge >= 0.3 is 19.8 Å². The van der Waals surface area contributed by atoms with Gasteiger partial charge in [0, 0.05) is 12.8 Å². The van der Waals surface area contributed by atoms with Gasteiger partial charge in [-0.25, -0.2) is 4.57 Å². The van der Waals surface area contributed by atoms with E-state index >= 15 is 0 Å². The number of unbranched alkanes of at least 4 members (excludes halogenated alkanes) is 12. The predicted molar refractivity (Wildman–Crippen MR) is 264 cm³/mol. The van der Waals surface area contributed by atoms with Crippen LogP contribution in [0.1, 0.15) is 168 Å².